The van der Waals surface area contributed by atoms with E-state index >= 15 is 0 Å². The molecule has 1 atom stereocenters. The number of non-ortho nitro benzene ring substituents is 1. The Balaban J connectivity index is 2.14. The van der Waals surface area contributed by atoms with Crippen LogP contribution in [-0.2, 0) is 6.54 Å². The Kier molecular flexibility index (Phi) is 4.20. The highest BCUT2D eigenvalue weighted by Crippen LogP contribution is 2.20. The van der Waals surface area contributed by atoms with Crippen LogP contribution in [0.2, 0.25) is 0 Å². The second kappa shape index (κ2) is 5.88. The lowest BCUT2D eigenvalue weighted by Crippen LogP contribution is -2.15. The fourth-order valence-corrected chi connectivity index (χ4v) is 2.12. The average molecular weight is 273 g/mol. The third-order valence-corrected chi connectivity index (χ3v) is 3.36. The van der Waals surface area contributed by atoms with E-state index in [1.54, 1.807) is 12.1 Å². The fraction of sp³-hybridized carbons (Fsp3) is 0.333. The van der Waals surface area contributed by atoms with Crippen molar-refractivity contribution in [1.29, 1.82) is 0 Å². The van der Waals surface area contributed by atoms with Crippen molar-refractivity contribution in [3.05, 3.63) is 64.0 Å². The van der Waals surface area contributed by atoms with Gasteiger partial charge in [0.15, 0.2) is 0 Å². The molecular formula is C15H19N3O2. The van der Waals surface area contributed by atoms with Crippen LogP contribution in [-0.4, -0.2) is 9.49 Å². The van der Waals surface area contributed by atoms with E-state index in [0.29, 0.717) is 12.5 Å². The number of nitro groups is 1. The largest absolute Gasteiger partial charge is 0.350 e. The first-order chi connectivity index (χ1) is 9.47. The minimum atomic E-state index is -0.376. The number of hydrogen-bond donors (Lipinski definition) is 1. The summed E-state index contributed by atoms with van der Waals surface area (Å²) in [5.41, 5.74) is 8.22. The van der Waals surface area contributed by atoms with Crippen LogP contribution in [0.15, 0.2) is 42.7 Å². The highest BCUT2D eigenvalue weighted by Gasteiger charge is 2.12. The molecular weight excluding hydrogens is 254 g/mol. The molecule has 0 saturated heterocycles. The van der Waals surface area contributed by atoms with Gasteiger partial charge in [0.2, 0.25) is 0 Å². The molecule has 2 aromatic rings. The molecule has 1 heterocycles. The first kappa shape index (κ1) is 14.3. The van der Waals surface area contributed by atoms with Gasteiger partial charge in [-0.25, -0.2) is 0 Å². The van der Waals surface area contributed by atoms with Gasteiger partial charge in [-0.3, -0.25) is 10.1 Å². The molecule has 1 aromatic heterocycles. The molecule has 1 aromatic carbocycles. The van der Waals surface area contributed by atoms with E-state index in [9.17, 15) is 10.1 Å². The summed E-state index contributed by atoms with van der Waals surface area (Å²) in [5.74, 6) is 0.378. The Labute approximate surface area is 118 Å². The molecule has 2 N–H and O–H groups in total. The van der Waals surface area contributed by atoms with Gasteiger partial charge in [0.05, 0.1) is 4.92 Å². The highest BCUT2D eigenvalue weighted by atomic mass is 16.6. The van der Waals surface area contributed by atoms with Crippen LogP contribution >= 0.6 is 0 Å². The molecule has 5 nitrogen and oxygen atoms in total. The highest BCUT2D eigenvalue weighted by molar-refractivity contribution is 5.34. The summed E-state index contributed by atoms with van der Waals surface area (Å²) in [6.45, 7) is 4.78. The zero-order chi connectivity index (χ0) is 14.7. The molecule has 0 aliphatic carbocycles. The van der Waals surface area contributed by atoms with Gasteiger partial charge in [-0.2, -0.15) is 0 Å². The van der Waals surface area contributed by atoms with Gasteiger partial charge in [-0.1, -0.05) is 26.0 Å². The zero-order valence-corrected chi connectivity index (χ0v) is 11.7. The van der Waals surface area contributed by atoms with Crippen LogP contribution in [0.4, 0.5) is 5.69 Å². The second-order valence-corrected chi connectivity index (χ2v) is 5.31. The van der Waals surface area contributed by atoms with Crippen molar-refractivity contribution in [2.75, 3.05) is 0 Å². The maximum Gasteiger partial charge on any atom is 0.269 e. The van der Waals surface area contributed by atoms with E-state index < -0.39 is 0 Å². The maximum atomic E-state index is 10.8. The van der Waals surface area contributed by atoms with Crippen LogP contribution in [0.5, 0.6) is 0 Å². The van der Waals surface area contributed by atoms with Gasteiger partial charge < -0.3 is 10.3 Å². The lowest BCUT2D eigenvalue weighted by Gasteiger charge is -2.13. The van der Waals surface area contributed by atoms with Crippen LogP contribution in [0, 0.1) is 16.0 Å². The number of benzene rings is 1. The summed E-state index contributed by atoms with van der Waals surface area (Å²) >= 11 is 0. The molecule has 0 aliphatic heterocycles. The zero-order valence-electron chi connectivity index (χ0n) is 11.7. The topological polar surface area (TPSA) is 74.1 Å². The van der Waals surface area contributed by atoms with Gasteiger partial charge in [-0.05, 0) is 23.1 Å². The Hall–Kier alpha value is -2.14. The van der Waals surface area contributed by atoms with Crippen molar-refractivity contribution in [3.63, 3.8) is 0 Å². The van der Waals surface area contributed by atoms with Crippen molar-refractivity contribution in [2.24, 2.45) is 11.7 Å². The number of nitro benzene ring substituents is 1. The molecule has 0 bridgehead atoms. The summed E-state index contributed by atoms with van der Waals surface area (Å²) in [7, 11) is 0. The summed E-state index contributed by atoms with van der Waals surface area (Å²) in [4.78, 5) is 10.4. The molecule has 0 saturated carbocycles. The summed E-state index contributed by atoms with van der Waals surface area (Å²) < 4.78 is 2.00. The molecule has 0 aliphatic rings. The Morgan fingerprint density at radius 2 is 2.10 bits per heavy atom. The molecule has 5 heteroatoms. The fourth-order valence-electron chi connectivity index (χ4n) is 2.12. The van der Waals surface area contributed by atoms with Crippen molar-refractivity contribution in [1.82, 2.24) is 4.57 Å². The number of rotatable bonds is 5. The molecule has 2 rings (SSSR count). The normalized spacial score (nSPS) is 12.6. The minimum absolute atomic E-state index is 0.0151. The third-order valence-electron chi connectivity index (χ3n) is 3.36. The van der Waals surface area contributed by atoms with E-state index in [0.717, 1.165) is 11.1 Å². The van der Waals surface area contributed by atoms with Gasteiger partial charge in [-0.15, -0.1) is 0 Å². The van der Waals surface area contributed by atoms with Crippen molar-refractivity contribution < 1.29 is 4.92 Å². The molecule has 1 unspecified atom stereocenters. The van der Waals surface area contributed by atoms with Gasteiger partial charge in [0.25, 0.3) is 5.69 Å². The lowest BCUT2D eigenvalue weighted by molar-refractivity contribution is -0.384. The molecule has 0 radical (unpaired) electrons. The standard InChI is InChI=1S/C15H19N3O2/c1-11(2)15(16)13-6-7-17(10-13)9-12-4-3-5-14(8-12)18(19)20/h3-8,10-11,15H,9,16H2,1-2H3. The smallest absolute Gasteiger partial charge is 0.269 e. The minimum Gasteiger partial charge on any atom is -0.350 e. The Morgan fingerprint density at radius 1 is 1.35 bits per heavy atom. The van der Waals surface area contributed by atoms with E-state index in [1.165, 1.54) is 6.07 Å². The predicted molar refractivity (Wildman–Crippen MR) is 78.4 cm³/mol. The van der Waals surface area contributed by atoms with Crippen LogP contribution < -0.4 is 5.73 Å². The van der Waals surface area contributed by atoms with Crippen molar-refractivity contribution in [3.8, 4) is 0 Å². The second-order valence-electron chi connectivity index (χ2n) is 5.31. The summed E-state index contributed by atoms with van der Waals surface area (Å²) in [5, 5.41) is 10.8. The van der Waals surface area contributed by atoms with Crippen molar-refractivity contribution in [2.45, 2.75) is 26.4 Å². The summed E-state index contributed by atoms with van der Waals surface area (Å²) in [6.07, 6.45) is 3.96. The first-order valence-electron chi connectivity index (χ1n) is 6.62. The number of nitrogens with zero attached hydrogens (tertiary/aromatic N) is 2. The van der Waals surface area contributed by atoms with E-state index in [1.807, 2.05) is 29.1 Å². The van der Waals surface area contributed by atoms with Crippen LogP contribution in [0.25, 0.3) is 0 Å². The molecule has 106 valence electrons. The van der Waals surface area contributed by atoms with E-state index in [2.05, 4.69) is 13.8 Å². The van der Waals surface area contributed by atoms with Crippen LogP contribution in [0.1, 0.15) is 31.0 Å². The van der Waals surface area contributed by atoms with Gasteiger partial charge in [0.1, 0.15) is 0 Å². The first-order valence-corrected chi connectivity index (χ1v) is 6.62. The molecule has 0 amide bonds. The third kappa shape index (κ3) is 3.24. The monoisotopic (exact) mass is 273 g/mol. The number of aromatic nitrogens is 1. The molecule has 0 spiro atoms. The van der Waals surface area contributed by atoms with E-state index in [-0.39, 0.29) is 16.7 Å². The number of nitrogens with two attached hydrogens (primary N) is 1. The van der Waals surface area contributed by atoms with Crippen molar-refractivity contribution >= 4 is 5.69 Å². The maximum absolute atomic E-state index is 10.8. The van der Waals surface area contributed by atoms with Gasteiger partial charge >= 0.3 is 0 Å². The SMILES string of the molecule is CC(C)C(N)c1ccn(Cc2cccc([N+](=O)[O-])c2)c1. The Bertz CT molecular complexity index is 605. The molecule has 0 fully saturated rings. The Morgan fingerprint density at radius 3 is 2.75 bits per heavy atom. The predicted octanol–water partition coefficient (Wildman–Crippen LogP) is 3.10. The number of hydrogen-bond acceptors (Lipinski definition) is 3. The quantitative estimate of drug-likeness (QED) is 0.672. The van der Waals surface area contributed by atoms with Gasteiger partial charge in [0, 0.05) is 37.1 Å². The lowest BCUT2D eigenvalue weighted by atomic mass is 10.00. The molecule has 20 heavy (non-hydrogen) atoms. The van der Waals surface area contributed by atoms with Crippen LogP contribution in [0.3, 0.4) is 0 Å². The summed E-state index contributed by atoms with van der Waals surface area (Å²) in [6, 6.07) is 8.71. The average Bonchev–Trinajstić information content (AvgIpc) is 2.86. The van der Waals surface area contributed by atoms with E-state index in [4.69, 9.17) is 5.73 Å².